The van der Waals surface area contributed by atoms with Gasteiger partial charge in [-0.3, -0.25) is 4.79 Å². The number of anilines is 2. The van der Waals surface area contributed by atoms with Gasteiger partial charge in [0.25, 0.3) is 5.91 Å². The van der Waals surface area contributed by atoms with Crippen LogP contribution in [-0.2, 0) is 27.4 Å². The number of carbonyl (C=O) groups is 1. The monoisotopic (exact) mass is 485 g/mol. The summed E-state index contributed by atoms with van der Waals surface area (Å²) in [5, 5.41) is 14.0. The number of hydrogen-bond donors (Lipinski definition) is 3. The number of amides is 1. The average Bonchev–Trinajstić information content (AvgIpc) is 2.74. The topological polar surface area (TPSA) is 113 Å². The molecule has 0 radical (unpaired) electrons. The smallest absolute Gasteiger partial charge is 0.398 e. The summed E-state index contributed by atoms with van der Waals surface area (Å²) in [4.78, 5) is 13.3. The third kappa shape index (κ3) is 5.84. The first-order valence-corrected chi connectivity index (χ1v) is 12.1. The fraction of sp³-hybridized carbons (Fsp3) is 0.409. The number of nitrogens with zero attached hydrogens (tertiary/aromatic N) is 1. The maximum Gasteiger partial charge on any atom is 0.418 e. The number of sulfonamides is 1. The number of piperidine rings is 1. The van der Waals surface area contributed by atoms with E-state index in [4.69, 9.17) is 5.73 Å². The molecular weight excluding hydrogens is 459 g/mol. The average molecular weight is 486 g/mol. The molecule has 0 spiro atoms. The zero-order chi connectivity index (χ0) is 24.4. The predicted molar refractivity (Wildman–Crippen MR) is 119 cm³/mol. The quantitative estimate of drug-likeness (QED) is 0.545. The Bertz CT molecular complexity index is 1100. The van der Waals surface area contributed by atoms with Crippen LogP contribution in [0, 0.1) is 5.92 Å². The second-order valence-electron chi connectivity index (χ2n) is 8.28. The van der Waals surface area contributed by atoms with E-state index in [-0.39, 0.29) is 38.0 Å². The molecule has 7 nitrogen and oxygen atoms in total. The Hall–Kier alpha value is -2.63. The number of halogens is 3. The van der Waals surface area contributed by atoms with Crippen molar-refractivity contribution in [2.24, 2.45) is 5.92 Å². The van der Waals surface area contributed by atoms with Gasteiger partial charge >= 0.3 is 6.18 Å². The van der Waals surface area contributed by atoms with Crippen molar-refractivity contribution in [1.82, 2.24) is 4.31 Å². The van der Waals surface area contributed by atoms with E-state index in [1.807, 2.05) is 0 Å². The zero-order valence-corrected chi connectivity index (χ0v) is 18.8. The summed E-state index contributed by atoms with van der Waals surface area (Å²) in [6.07, 6.45) is -3.25. The van der Waals surface area contributed by atoms with Crippen LogP contribution in [0.15, 0.2) is 48.5 Å². The maximum atomic E-state index is 13.3. The number of nitrogen functional groups attached to an aromatic ring is 1. The van der Waals surface area contributed by atoms with Crippen LogP contribution < -0.4 is 11.1 Å². The van der Waals surface area contributed by atoms with Crippen LogP contribution in [0.3, 0.4) is 0 Å². The number of alkyl halides is 3. The van der Waals surface area contributed by atoms with Crippen molar-refractivity contribution in [3.8, 4) is 0 Å². The molecule has 0 aliphatic carbocycles. The van der Waals surface area contributed by atoms with Gasteiger partial charge in [0.15, 0.2) is 0 Å². The highest BCUT2D eigenvalue weighted by atomic mass is 32.2. The minimum atomic E-state index is -4.70. The Morgan fingerprint density at radius 3 is 2.30 bits per heavy atom. The summed E-state index contributed by atoms with van der Waals surface area (Å²) < 4.78 is 64.6. The molecule has 2 aromatic rings. The van der Waals surface area contributed by atoms with E-state index in [0.29, 0.717) is 5.56 Å². The van der Waals surface area contributed by atoms with E-state index in [1.54, 1.807) is 30.3 Å². The van der Waals surface area contributed by atoms with Gasteiger partial charge in [-0.25, -0.2) is 12.7 Å². The molecule has 1 heterocycles. The number of nitrogens with one attached hydrogen (secondary N) is 1. The highest BCUT2D eigenvalue weighted by molar-refractivity contribution is 7.88. The first-order chi connectivity index (χ1) is 15.3. The van der Waals surface area contributed by atoms with Crippen molar-refractivity contribution in [3.63, 3.8) is 0 Å². The lowest BCUT2D eigenvalue weighted by atomic mass is 9.76. The minimum absolute atomic E-state index is 0.0791. The van der Waals surface area contributed by atoms with Gasteiger partial charge in [-0.05, 0) is 42.5 Å². The van der Waals surface area contributed by atoms with E-state index in [9.17, 15) is 31.5 Å². The number of aliphatic hydroxyl groups is 1. The van der Waals surface area contributed by atoms with Crippen molar-refractivity contribution < 1.29 is 31.5 Å². The van der Waals surface area contributed by atoms with Gasteiger partial charge in [-0.2, -0.15) is 13.2 Å². The van der Waals surface area contributed by atoms with Crippen molar-refractivity contribution in [3.05, 3.63) is 59.7 Å². The number of carbonyl (C=O) groups excluding carboxylic acids is 1. The molecule has 1 unspecified atom stereocenters. The molecule has 0 bridgehead atoms. The lowest BCUT2D eigenvalue weighted by molar-refractivity contribution is -0.142. The van der Waals surface area contributed by atoms with Crippen molar-refractivity contribution >= 4 is 27.3 Å². The molecule has 3 rings (SSSR count). The second kappa shape index (κ2) is 9.32. The van der Waals surface area contributed by atoms with Crippen LogP contribution in [0.25, 0.3) is 0 Å². The Labute approximate surface area is 190 Å². The molecule has 180 valence electrons. The molecule has 1 aliphatic heterocycles. The predicted octanol–water partition coefficient (Wildman–Crippen LogP) is 2.87. The normalized spacial score (nSPS) is 18.0. The molecule has 33 heavy (non-hydrogen) atoms. The summed E-state index contributed by atoms with van der Waals surface area (Å²) >= 11 is 0. The van der Waals surface area contributed by atoms with Crippen molar-refractivity contribution in [2.75, 3.05) is 30.4 Å². The maximum absolute atomic E-state index is 13.3. The van der Waals surface area contributed by atoms with Gasteiger partial charge < -0.3 is 16.2 Å². The molecule has 1 fully saturated rings. The first-order valence-electron chi connectivity index (χ1n) is 10.3. The van der Waals surface area contributed by atoms with Gasteiger partial charge in [0.2, 0.25) is 10.0 Å². The fourth-order valence-electron chi connectivity index (χ4n) is 4.10. The number of hydrogen-bond acceptors (Lipinski definition) is 5. The van der Waals surface area contributed by atoms with Crippen LogP contribution in [-0.4, -0.2) is 48.7 Å². The fourth-order valence-corrected chi connectivity index (χ4v) is 4.98. The van der Waals surface area contributed by atoms with Crippen LogP contribution in [0.2, 0.25) is 0 Å². The standard InChI is InChI=1S/C22H26F3N3O4S/c1-33(31,32)28-11-9-16(10-12-28)21(30,14-15-5-3-2-4-6-15)20(29)27-17-7-8-19(26)18(13-17)22(23,24)25/h2-8,13,16,30H,9-12,14,26H2,1H3,(H,27,29). The molecular formula is C22H26F3N3O4S. The van der Waals surface area contributed by atoms with Crippen LogP contribution in [0.4, 0.5) is 24.5 Å². The molecule has 11 heteroatoms. The van der Waals surface area contributed by atoms with E-state index in [1.165, 1.54) is 10.4 Å². The van der Waals surface area contributed by atoms with E-state index >= 15 is 0 Å². The lowest BCUT2D eigenvalue weighted by Crippen LogP contribution is -2.54. The Morgan fingerprint density at radius 1 is 1.15 bits per heavy atom. The Morgan fingerprint density at radius 2 is 1.76 bits per heavy atom. The lowest BCUT2D eigenvalue weighted by Gasteiger charge is -2.40. The van der Waals surface area contributed by atoms with Crippen molar-refractivity contribution in [1.29, 1.82) is 0 Å². The van der Waals surface area contributed by atoms with Crippen LogP contribution in [0.5, 0.6) is 0 Å². The number of nitrogens with two attached hydrogens (primary N) is 1. The van der Waals surface area contributed by atoms with Gasteiger partial charge in [-0.15, -0.1) is 0 Å². The van der Waals surface area contributed by atoms with Gasteiger partial charge in [-0.1, -0.05) is 30.3 Å². The number of benzene rings is 2. The third-order valence-corrected chi connectivity index (χ3v) is 7.23. The van der Waals surface area contributed by atoms with E-state index < -0.39 is 44.9 Å². The van der Waals surface area contributed by atoms with E-state index in [0.717, 1.165) is 18.4 Å². The summed E-state index contributed by atoms with van der Waals surface area (Å²) in [6, 6.07) is 11.7. The van der Waals surface area contributed by atoms with E-state index in [2.05, 4.69) is 5.32 Å². The van der Waals surface area contributed by atoms with Crippen molar-refractivity contribution in [2.45, 2.75) is 31.0 Å². The SMILES string of the molecule is CS(=O)(=O)N1CCC(C(O)(Cc2ccccc2)C(=O)Nc2ccc(N)c(C(F)(F)F)c2)CC1. The Kier molecular flexibility index (Phi) is 7.06. The van der Waals surface area contributed by atoms with Gasteiger partial charge in [0, 0.05) is 30.9 Å². The summed E-state index contributed by atoms with van der Waals surface area (Å²) in [5.74, 6) is -1.46. The molecule has 0 saturated carbocycles. The molecule has 4 N–H and O–H groups in total. The molecule has 1 amide bonds. The van der Waals surface area contributed by atoms with Gasteiger partial charge in [0.05, 0.1) is 11.8 Å². The molecule has 1 aliphatic rings. The minimum Gasteiger partial charge on any atom is -0.398 e. The van der Waals surface area contributed by atoms with Crippen LogP contribution >= 0.6 is 0 Å². The second-order valence-corrected chi connectivity index (χ2v) is 10.3. The highest BCUT2D eigenvalue weighted by Crippen LogP contribution is 2.37. The molecule has 0 aromatic heterocycles. The summed E-state index contributed by atoms with van der Waals surface area (Å²) in [5.41, 5.74) is 2.40. The van der Waals surface area contributed by atoms with Crippen LogP contribution in [0.1, 0.15) is 24.0 Å². The molecule has 1 saturated heterocycles. The number of rotatable bonds is 6. The summed E-state index contributed by atoms with van der Waals surface area (Å²) in [7, 11) is -3.41. The van der Waals surface area contributed by atoms with Gasteiger partial charge in [0.1, 0.15) is 5.60 Å². The zero-order valence-electron chi connectivity index (χ0n) is 18.0. The highest BCUT2D eigenvalue weighted by Gasteiger charge is 2.46. The Balaban J connectivity index is 1.89. The largest absolute Gasteiger partial charge is 0.418 e. The third-order valence-electron chi connectivity index (χ3n) is 5.92. The molecule has 1 atom stereocenters. The first kappa shape index (κ1) is 25.0. The summed E-state index contributed by atoms with van der Waals surface area (Å²) in [6.45, 7) is 0.266. The molecule has 2 aromatic carbocycles.